The first-order valence-electron chi connectivity index (χ1n) is 3.27. The van der Waals surface area contributed by atoms with Crippen molar-refractivity contribution in [2.45, 2.75) is 26.7 Å². The molecule has 0 bridgehead atoms. The first-order valence-corrected chi connectivity index (χ1v) is 3.97. The number of hydrogen-bond acceptors (Lipinski definition) is 1. The van der Waals surface area contributed by atoms with E-state index >= 15 is 0 Å². The van der Waals surface area contributed by atoms with E-state index in [0.29, 0.717) is 0 Å². The maximum absolute atomic E-state index is 2.36. The fraction of sp³-hybridized carbons (Fsp3) is 1.00. The Labute approximate surface area is 76.3 Å². The monoisotopic (exact) mass is 184 g/mol. The molecule has 0 radical (unpaired) electrons. The van der Waals surface area contributed by atoms with Crippen molar-refractivity contribution >= 4 is 12.4 Å². The molecule has 0 aromatic rings. The summed E-state index contributed by atoms with van der Waals surface area (Å²) in [7, 11) is 0. The van der Waals surface area contributed by atoms with E-state index in [0.717, 1.165) is 0 Å². The average Bonchev–Trinajstić information content (AvgIpc) is 1.68. The molecule has 0 aliphatic heterocycles. The Morgan fingerprint density at radius 1 is 1.11 bits per heavy atom. The summed E-state index contributed by atoms with van der Waals surface area (Å²) in [4.78, 5) is 0. The third-order valence-corrected chi connectivity index (χ3v) is 1.69. The molecule has 3 heteroatoms. The molecule has 0 aliphatic carbocycles. The van der Waals surface area contributed by atoms with E-state index in [1.165, 1.54) is 25.9 Å². The van der Waals surface area contributed by atoms with Crippen molar-refractivity contribution in [2.24, 2.45) is 0 Å². The second-order valence-corrected chi connectivity index (χ2v) is 2.97. The van der Waals surface area contributed by atoms with Gasteiger partial charge >= 0.3 is 63.9 Å². The van der Waals surface area contributed by atoms with Crippen LogP contribution in [0.15, 0.2) is 0 Å². The summed E-state index contributed by atoms with van der Waals surface area (Å²) in [5.74, 6) is 0. The zero-order chi connectivity index (χ0) is 6.41. The molecular formula is C6H15ClNTi. The SMILES string of the molecule is CCC[N]([Ti])CCC.Cl. The third-order valence-electron chi connectivity index (χ3n) is 0.987. The molecule has 0 atom stereocenters. The molecule has 0 unspecified atom stereocenters. The van der Waals surface area contributed by atoms with Gasteiger partial charge in [0.05, 0.1) is 0 Å². The van der Waals surface area contributed by atoms with Gasteiger partial charge in [0.2, 0.25) is 0 Å². The van der Waals surface area contributed by atoms with E-state index in [4.69, 9.17) is 0 Å². The number of hydrogen-bond donors (Lipinski definition) is 0. The number of halogens is 1. The van der Waals surface area contributed by atoms with Gasteiger partial charge in [-0.25, -0.2) is 0 Å². The van der Waals surface area contributed by atoms with Gasteiger partial charge < -0.3 is 0 Å². The summed E-state index contributed by atoms with van der Waals surface area (Å²) in [5.41, 5.74) is 0. The quantitative estimate of drug-likeness (QED) is 0.604. The molecule has 0 amide bonds. The van der Waals surface area contributed by atoms with Crippen LogP contribution < -0.4 is 0 Å². The molecule has 0 spiro atoms. The molecule has 1 nitrogen and oxygen atoms in total. The number of nitrogens with zero attached hydrogens (tertiary/aromatic N) is 1. The number of rotatable bonds is 4. The van der Waals surface area contributed by atoms with Gasteiger partial charge in [0.25, 0.3) is 0 Å². The van der Waals surface area contributed by atoms with Crippen LogP contribution in [-0.2, 0) is 20.7 Å². The summed E-state index contributed by atoms with van der Waals surface area (Å²) in [5, 5.41) is 0. The molecule has 0 saturated heterocycles. The fourth-order valence-corrected chi connectivity index (χ4v) is 1.35. The summed E-state index contributed by atoms with van der Waals surface area (Å²) in [6.45, 7) is 6.92. The Morgan fingerprint density at radius 3 is 1.67 bits per heavy atom. The standard InChI is InChI=1S/C6H14N.ClH.Ti/c1-3-5-7-6-4-2;;/h3-6H2,1-2H3;1H;/q-1;;+1. The van der Waals surface area contributed by atoms with Crippen LogP contribution in [0.2, 0.25) is 0 Å². The Hall–Kier alpha value is 0.964. The predicted molar refractivity (Wildman–Crippen MR) is 39.4 cm³/mol. The average molecular weight is 185 g/mol. The van der Waals surface area contributed by atoms with Gasteiger partial charge in [0, 0.05) is 0 Å². The van der Waals surface area contributed by atoms with Crippen LogP contribution >= 0.6 is 12.4 Å². The van der Waals surface area contributed by atoms with E-state index < -0.39 is 0 Å². The van der Waals surface area contributed by atoms with E-state index in [9.17, 15) is 0 Å². The topological polar surface area (TPSA) is 3.24 Å². The second-order valence-electron chi connectivity index (χ2n) is 1.99. The maximum atomic E-state index is 2.36. The summed E-state index contributed by atoms with van der Waals surface area (Å²) in [6.07, 6.45) is 2.55. The van der Waals surface area contributed by atoms with Gasteiger partial charge in [-0.15, -0.1) is 12.4 Å². The molecule has 9 heavy (non-hydrogen) atoms. The van der Waals surface area contributed by atoms with Crippen molar-refractivity contribution in [3.05, 3.63) is 0 Å². The van der Waals surface area contributed by atoms with Crippen LogP contribution in [0.4, 0.5) is 0 Å². The van der Waals surface area contributed by atoms with Gasteiger partial charge in [-0.1, -0.05) is 0 Å². The predicted octanol–water partition coefficient (Wildman–Crippen LogP) is 1.99. The van der Waals surface area contributed by atoms with Crippen molar-refractivity contribution in [3.8, 4) is 0 Å². The Bertz CT molecular complexity index is 46.3. The summed E-state index contributed by atoms with van der Waals surface area (Å²) in [6, 6.07) is 0. The summed E-state index contributed by atoms with van der Waals surface area (Å²) < 4.78 is 2.36. The minimum atomic E-state index is 0. The fourth-order valence-electron chi connectivity index (χ4n) is 0.652. The second kappa shape index (κ2) is 8.96. The molecule has 0 N–H and O–H groups in total. The van der Waals surface area contributed by atoms with Gasteiger partial charge in [-0.2, -0.15) is 0 Å². The molecule has 0 aromatic heterocycles. The van der Waals surface area contributed by atoms with Crippen LogP contribution in [0.25, 0.3) is 0 Å². The van der Waals surface area contributed by atoms with Crippen molar-refractivity contribution in [1.82, 2.24) is 3.38 Å². The van der Waals surface area contributed by atoms with Crippen molar-refractivity contribution in [3.63, 3.8) is 0 Å². The molecule has 0 saturated carbocycles. The van der Waals surface area contributed by atoms with E-state index in [2.05, 4.69) is 37.9 Å². The van der Waals surface area contributed by atoms with Gasteiger partial charge in [0.15, 0.2) is 0 Å². The van der Waals surface area contributed by atoms with E-state index in [1.807, 2.05) is 0 Å². The third kappa shape index (κ3) is 8.96. The minimum Gasteiger partial charge on any atom is -0.147 e. The summed E-state index contributed by atoms with van der Waals surface area (Å²) >= 11 is 2.17. The maximum Gasteiger partial charge on any atom is -0.147 e. The van der Waals surface area contributed by atoms with Crippen LogP contribution in [0.1, 0.15) is 26.7 Å². The molecule has 0 aliphatic rings. The van der Waals surface area contributed by atoms with Crippen molar-refractivity contribution in [2.75, 3.05) is 13.1 Å². The Morgan fingerprint density at radius 2 is 1.44 bits per heavy atom. The van der Waals surface area contributed by atoms with Crippen LogP contribution in [0.3, 0.4) is 0 Å². The normalized spacial score (nSPS) is 9.11. The zero-order valence-electron chi connectivity index (χ0n) is 6.18. The Balaban J connectivity index is 0. The largest absolute Gasteiger partial charge is 0.147 e. The van der Waals surface area contributed by atoms with Gasteiger partial charge in [-0.3, -0.25) is 0 Å². The van der Waals surface area contributed by atoms with Crippen molar-refractivity contribution in [1.29, 1.82) is 0 Å². The molecule has 0 aromatic carbocycles. The Kier molecular flexibility index (Phi) is 12.6. The molecule has 0 rings (SSSR count). The smallest absolute Gasteiger partial charge is 0.147 e. The molecule has 0 fully saturated rings. The molecular weight excluding hydrogens is 169 g/mol. The minimum absolute atomic E-state index is 0. The van der Waals surface area contributed by atoms with Crippen LogP contribution in [-0.4, -0.2) is 16.5 Å². The van der Waals surface area contributed by atoms with Crippen LogP contribution in [0.5, 0.6) is 0 Å². The first kappa shape index (κ1) is 12.6. The van der Waals surface area contributed by atoms with E-state index in [-0.39, 0.29) is 12.4 Å². The molecule has 55 valence electrons. The van der Waals surface area contributed by atoms with Crippen molar-refractivity contribution < 1.29 is 20.7 Å². The van der Waals surface area contributed by atoms with Gasteiger partial charge in [0.1, 0.15) is 0 Å². The molecule has 0 heterocycles. The zero-order valence-corrected chi connectivity index (χ0v) is 8.56. The first-order chi connectivity index (χ1) is 3.81. The van der Waals surface area contributed by atoms with Crippen LogP contribution in [0, 0.1) is 0 Å². The van der Waals surface area contributed by atoms with Gasteiger partial charge in [-0.05, 0) is 0 Å². The van der Waals surface area contributed by atoms with E-state index in [1.54, 1.807) is 0 Å².